The van der Waals surface area contributed by atoms with E-state index in [1.165, 1.54) is 7.11 Å². The lowest BCUT2D eigenvalue weighted by Crippen LogP contribution is -2.39. The number of benzene rings is 1. The van der Waals surface area contributed by atoms with E-state index in [-0.39, 0.29) is 12.4 Å². The number of anilines is 1. The van der Waals surface area contributed by atoms with Crippen molar-refractivity contribution in [3.63, 3.8) is 0 Å². The minimum absolute atomic E-state index is 0.0273. The monoisotopic (exact) mass is 288 g/mol. The molecule has 1 amide bonds. The predicted octanol–water partition coefficient (Wildman–Crippen LogP) is 1.07. The second kappa shape index (κ2) is 5.83. The molecule has 0 saturated carbocycles. The van der Waals surface area contributed by atoms with E-state index in [0.29, 0.717) is 10.2 Å². The quantitative estimate of drug-likeness (QED) is 0.724. The number of ether oxygens (including phenoxy) is 1. The Hall–Kier alpha value is -1.11. The zero-order valence-corrected chi connectivity index (χ0v) is 10.3. The molecule has 0 aliphatic rings. The lowest BCUT2D eigenvalue weighted by molar-refractivity contribution is -0.118. The number of aromatic hydroxyl groups is 1. The zero-order valence-electron chi connectivity index (χ0n) is 8.74. The Morgan fingerprint density at radius 3 is 3.00 bits per heavy atom. The van der Waals surface area contributed by atoms with Gasteiger partial charge in [0.1, 0.15) is 6.04 Å². The summed E-state index contributed by atoms with van der Waals surface area (Å²) < 4.78 is 5.26. The van der Waals surface area contributed by atoms with E-state index < -0.39 is 11.9 Å². The molecule has 1 rings (SSSR count). The minimum Gasteiger partial charge on any atom is -0.505 e. The van der Waals surface area contributed by atoms with Gasteiger partial charge in [-0.1, -0.05) is 6.07 Å². The van der Waals surface area contributed by atoms with E-state index in [4.69, 9.17) is 10.5 Å². The summed E-state index contributed by atoms with van der Waals surface area (Å²) in [6.07, 6.45) is 0. The van der Waals surface area contributed by atoms with Crippen LogP contribution in [-0.2, 0) is 9.53 Å². The number of rotatable bonds is 4. The molecule has 1 unspecified atom stereocenters. The van der Waals surface area contributed by atoms with Gasteiger partial charge in [-0.25, -0.2) is 0 Å². The molecule has 88 valence electrons. The minimum atomic E-state index is -0.761. The first-order chi connectivity index (χ1) is 7.56. The molecule has 0 spiro atoms. The van der Waals surface area contributed by atoms with Crippen LogP contribution >= 0.6 is 15.9 Å². The van der Waals surface area contributed by atoms with Crippen LogP contribution in [0.5, 0.6) is 5.75 Å². The van der Waals surface area contributed by atoms with Crippen molar-refractivity contribution >= 4 is 27.5 Å². The SMILES string of the molecule is COCC(N)C(=O)Nc1cccc(Br)c1O. The molecule has 4 N–H and O–H groups in total. The largest absolute Gasteiger partial charge is 0.505 e. The molecule has 0 fully saturated rings. The second-order valence-electron chi connectivity index (χ2n) is 3.19. The predicted molar refractivity (Wildman–Crippen MR) is 64.3 cm³/mol. The molecule has 1 aromatic carbocycles. The first kappa shape index (κ1) is 13.0. The van der Waals surface area contributed by atoms with E-state index in [0.717, 1.165) is 0 Å². The van der Waals surface area contributed by atoms with Gasteiger partial charge in [-0.2, -0.15) is 0 Å². The fourth-order valence-corrected chi connectivity index (χ4v) is 1.46. The maximum absolute atomic E-state index is 11.5. The summed E-state index contributed by atoms with van der Waals surface area (Å²) in [5, 5.41) is 12.1. The van der Waals surface area contributed by atoms with Gasteiger partial charge in [0.2, 0.25) is 5.91 Å². The summed E-state index contributed by atoms with van der Waals surface area (Å²) in [5.41, 5.74) is 5.84. The molecule has 1 atom stereocenters. The molecule has 0 heterocycles. The van der Waals surface area contributed by atoms with E-state index >= 15 is 0 Å². The molecular formula is C10H13BrN2O3. The number of amides is 1. The number of hydrogen-bond donors (Lipinski definition) is 3. The van der Waals surface area contributed by atoms with Crippen LogP contribution in [0.2, 0.25) is 0 Å². The number of carbonyl (C=O) groups is 1. The van der Waals surface area contributed by atoms with Gasteiger partial charge in [-0.15, -0.1) is 0 Å². The number of phenols is 1. The first-order valence-corrected chi connectivity index (χ1v) is 5.38. The number of methoxy groups -OCH3 is 1. The van der Waals surface area contributed by atoms with Crippen molar-refractivity contribution in [3.8, 4) is 5.75 Å². The summed E-state index contributed by atoms with van der Waals surface area (Å²) in [6.45, 7) is 0.126. The molecular weight excluding hydrogens is 276 g/mol. The third-order valence-corrected chi connectivity index (χ3v) is 2.57. The van der Waals surface area contributed by atoms with Gasteiger partial charge in [-0.05, 0) is 28.1 Å². The van der Waals surface area contributed by atoms with Crippen molar-refractivity contribution in [2.45, 2.75) is 6.04 Å². The molecule has 0 aliphatic carbocycles. The molecule has 0 aromatic heterocycles. The lowest BCUT2D eigenvalue weighted by Gasteiger charge is -2.12. The van der Waals surface area contributed by atoms with Crippen LogP contribution in [0.15, 0.2) is 22.7 Å². The Morgan fingerprint density at radius 1 is 1.69 bits per heavy atom. The van der Waals surface area contributed by atoms with Crippen molar-refractivity contribution in [3.05, 3.63) is 22.7 Å². The van der Waals surface area contributed by atoms with Gasteiger partial charge >= 0.3 is 0 Å². The summed E-state index contributed by atoms with van der Waals surface area (Å²) >= 11 is 3.15. The van der Waals surface area contributed by atoms with Crippen LogP contribution < -0.4 is 11.1 Å². The second-order valence-corrected chi connectivity index (χ2v) is 4.04. The Kier molecular flexibility index (Phi) is 4.72. The highest BCUT2D eigenvalue weighted by molar-refractivity contribution is 9.10. The van der Waals surface area contributed by atoms with Crippen LogP contribution in [0, 0.1) is 0 Å². The van der Waals surface area contributed by atoms with Crippen molar-refractivity contribution in [2.75, 3.05) is 19.0 Å². The Labute approximate surface area is 102 Å². The van der Waals surface area contributed by atoms with Crippen molar-refractivity contribution in [1.82, 2.24) is 0 Å². The smallest absolute Gasteiger partial charge is 0.243 e. The average molecular weight is 289 g/mol. The Morgan fingerprint density at radius 2 is 2.38 bits per heavy atom. The van der Waals surface area contributed by atoms with Crippen molar-refractivity contribution < 1.29 is 14.6 Å². The standard InChI is InChI=1S/C10H13BrN2O3/c1-16-5-7(12)10(15)13-8-4-2-3-6(11)9(8)14/h2-4,7,14H,5,12H2,1H3,(H,13,15). The van der Waals surface area contributed by atoms with Crippen molar-refractivity contribution in [1.29, 1.82) is 0 Å². The number of nitrogens with one attached hydrogen (secondary N) is 1. The highest BCUT2D eigenvalue weighted by Crippen LogP contribution is 2.31. The van der Waals surface area contributed by atoms with Crippen LogP contribution in [0.3, 0.4) is 0 Å². The maximum Gasteiger partial charge on any atom is 0.243 e. The summed E-state index contributed by atoms with van der Waals surface area (Å²) in [6, 6.07) is 4.18. The highest BCUT2D eigenvalue weighted by Gasteiger charge is 2.15. The van der Waals surface area contributed by atoms with Crippen LogP contribution in [0.25, 0.3) is 0 Å². The molecule has 0 aliphatic heterocycles. The van der Waals surface area contributed by atoms with Crippen LogP contribution in [0.4, 0.5) is 5.69 Å². The van der Waals surface area contributed by atoms with Crippen molar-refractivity contribution in [2.24, 2.45) is 5.73 Å². The van der Waals surface area contributed by atoms with E-state index in [1.807, 2.05) is 0 Å². The third kappa shape index (κ3) is 3.19. The van der Waals surface area contributed by atoms with E-state index in [1.54, 1.807) is 18.2 Å². The fourth-order valence-electron chi connectivity index (χ4n) is 1.10. The normalized spacial score (nSPS) is 12.2. The molecule has 0 saturated heterocycles. The summed E-state index contributed by atoms with van der Waals surface area (Å²) in [4.78, 5) is 11.5. The molecule has 1 aromatic rings. The highest BCUT2D eigenvalue weighted by atomic mass is 79.9. The van der Waals surface area contributed by atoms with Gasteiger partial charge in [0.25, 0.3) is 0 Å². The molecule has 16 heavy (non-hydrogen) atoms. The molecule has 5 nitrogen and oxygen atoms in total. The number of hydrogen-bond acceptors (Lipinski definition) is 4. The molecule has 6 heteroatoms. The lowest BCUT2D eigenvalue weighted by atomic mass is 10.2. The van der Waals surface area contributed by atoms with Gasteiger partial charge < -0.3 is 20.9 Å². The van der Waals surface area contributed by atoms with Crippen LogP contribution in [0.1, 0.15) is 0 Å². The van der Waals surface area contributed by atoms with Gasteiger partial charge in [-0.3, -0.25) is 4.79 Å². The number of nitrogens with two attached hydrogens (primary N) is 1. The number of carbonyl (C=O) groups excluding carboxylic acids is 1. The summed E-state index contributed by atoms with van der Waals surface area (Å²) in [5.74, 6) is -0.435. The number of halogens is 1. The summed E-state index contributed by atoms with van der Waals surface area (Å²) in [7, 11) is 1.46. The van der Waals surface area contributed by atoms with Gasteiger partial charge in [0.15, 0.2) is 5.75 Å². The number of phenolic OH excluding ortho intramolecular Hbond substituents is 1. The first-order valence-electron chi connectivity index (χ1n) is 4.59. The van der Waals surface area contributed by atoms with Crippen LogP contribution in [-0.4, -0.2) is 30.8 Å². The molecule has 0 bridgehead atoms. The average Bonchev–Trinajstić information content (AvgIpc) is 2.25. The maximum atomic E-state index is 11.5. The van der Waals surface area contributed by atoms with E-state index in [2.05, 4.69) is 21.2 Å². The third-order valence-electron chi connectivity index (χ3n) is 1.93. The van der Waals surface area contributed by atoms with E-state index in [9.17, 15) is 9.90 Å². The zero-order chi connectivity index (χ0) is 12.1. The molecule has 0 radical (unpaired) electrons. The fraction of sp³-hybridized carbons (Fsp3) is 0.300. The van der Waals surface area contributed by atoms with Gasteiger partial charge in [0.05, 0.1) is 16.8 Å². The topological polar surface area (TPSA) is 84.6 Å². The Balaban J connectivity index is 2.73. The Bertz CT molecular complexity index is 384. The number of para-hydroxylation sites is 1. The van der Waals surface area contributed by atoms with Gasteiger partial charge in [0, 0.05) is 7.11 Å².